The van der Waals surface area contributed by atoms with Gasteiger partial charge >= 0.3 is 0 Å². The first-order valence-electron chi connectivity index (χ1n) is 7.22. The van der Waals surface area contributed by atoms with Crippen molar-refractivity contribution in [1.82, 2.24) is 5.32 Å². The van der Waals surface area contributed by atoms with Gasteiger partial charge in [-0.05, 0) is 49.3 Å². The Labute approximate surface area is 121 Å². The van der Waals surface area contributed by atoms with Gasteiger partial charge in [0, 0.05) is 12.6 Å². The Balaban J connectivity index is 2.04. The number of nitrogens with two attached hydrogens (primary N) is 1. The molecule has 0 aromatic heterocycles. The maximum Gasteiger partial charge on any atom is 0.238 e. The van der Waals surface area contributed by atoms with Crippen LogP contribution in [0.15, 0.2) is 29.2 Å². The van der Waals surface area contributed by atoms with Gasteiger partial charge in [0.05, 0.1) is 4.90 Å². The molecule has 0 saturated heterocycles. The van der Waals surface area contributed by atoms with E-state index in [1.54, 1.807) is 12.1 Å². The lowest BCUT2D eigenvalue weighted by atomic mass is 9.67. The van der Waals surface area contributed by atoms with Gasteiger partial charge in [0.15, 0.2) is 0 Å². The maximum absolute atomic E-state index is 11.4. The van der Waals surface area contributed by atoms with Crippen LogP contribution in [0.5, 0.6) is 0 Å². The van der Waals surface area contributed by atoms with E-state index in [0.717, 1.165) is 12.1 Å². The summed E-state index contributed by atoms with van der Waals surface area (Å²) in [7, 11) is -3.63. The minimum Gasteiger partial charge on any atom is -0.310 e. The zero-order chi connectivity index (χ0) is 14.8. The standard InChI is InChI=1S/C15H24N2O2S/c1-3-15(8-5-9-15)11-17-12(2)13-6-4-7-14(10-13)20(16,18)19/h4,6-7,10,12,17H,3,5,8-9,11H2,1-2H3,(H2,16,18,19). The summed E-state index contributed by atoms with van der Waals surface area (Å²) in [6.45, 7) is 5.29. The van der Waals surface area contributed by atoms with Crippen LogP contribution in [0.1, 0.15) is 51.1 Å². The van der Waals surface area contributed by atoms with Crippen LogP contribution >= 0.6 is 0 Å². The molecule has 0 spiro atoms. The van der Waals surface area contributed by atoms with Gasteiger partial charge in [-0.15, -0.1) is 0 Å². The molecular weight excluding hydrogens is 272 g/mol. The number of benzene rings is 1. The summed E-state index contributed by atoms with van der Waals surface area (Å²) in [5.41, 5.74) is 1.41. The Morgan fingerprint density at radius 1 is 1.40 bits per heavy atom. The van der Waals surface area contributed by atoms with Gasteiger partial charge in [0.1, 0.15) is 0 Å². The first-order chi connectivity index (χ1) is 9.36. The Hall–Kier alpha value is -0.910. The maximum atomic E-state index is 11.4. The van der Waals surface area contributed by atoms with Gasteiger partial charge in [-0.2, -0.15) is 0 Å². The molecule has 1 aromatic rings. The summed E-state index contributed by atoms with van der Waals surface area (Å²) >= 11 is 0. The summed E-state index contributed by atoms with van der Waals surface area (Å²) in [6.07, 6.45) is 5.11. The fourth-order valence-electron chi connectivity index (χ4n) is 2.78. The predicted molar refractivity (Wildman–Crippen MR) is 80.8 cm³/mol. The average Bonchev–Trinajstić information content (AvgIpc) is 2.37. The molecule has 112 valence electrons. The molecule has 4 nitrogen and oxygen atoms in total. The van der Waals surface area contributed by atoms with Crippen molar-refractivity contribution < 1.29 is 8.42 Å². The van der Waals surface area contributed by atoms with E-state index in [4.69, 9.17) is 5.14 Å². The monoisotopic (exact) mass is 296 g/mol. The van der Waals surface area contributed by atoms with Crippen molar-refractivity contribution in [3.8, 4) is 0 Å². The lowest BCUT2D eigenvalue weighted by Gasteiger charge is -2.42. The number of sulfonamides is 1. The van der Waals surface area contributed by atoms with Crippen molar-refractivity contribution in [1.29, 1.82) is 0 Å². The van der Waals surface area contributed by atoms with Gasteiger partial charge < -0.3 is 5.32 Å². The highest BCUT2D eigenvalue weighted by atomic mass is 32.2. The van der Waals surface area contributed by atoms with Crippen LogP contribution in [0, 0.1) is 5.41 Å². The normalized spacial score (nSPS) is 19.4. The van der Waals surface area contributed by atoms with Crippen LogP contribution in [0.4, 0.5) is 0 Å². The molecule has 1 fully saturated rings. The van der Waals surface area contributed by atoms with E-state index in [2.05, 4.69) is 19.2 Å². The van der Waals surface area contributed by atoms with Gasteiger partial charge in [0.25, 0.3) is 0 Å². The third kappa shape index (κ3) is 3.40. The molecule has 0 radical (unpaired) electrons. The molecule has 0 aliphatic heterocycles. The summed E-state index contributed by atoms with van der Waals surface area (Å²) < 4.78 is 22.8. The molecule has 1 saturated carbocycles. The molecule has 1 aliphatic rings. The van der Waals surface area contributed by atoms with Gasteiger partial charge in [-0.25, -0.2) is 13.6 Å². The van der Waals surface area contributed by atoms with Crippen LogP contribution in [0.25, 0.3) is 0 Å². The van der Waals surface area contributed by atoms with Gasteiger partial charge in [0.2, 0.25) is 10.0 Å². The lowest BCUT2D eigenvalue weighted by molar-refractivity contribution is 0.120. The molecule has 0 amide bonds. The molecule has 5 heteroatoms. The van der Waals surface area contributed by atoms with E-state index >= 15 is 0 Å². The van der Waals surface area contributed by atoms with E-state index in [1.807, 2.05) is 6.07 Å². The van der Waals surface area contributed by atoms with Crippen molar-refractivity contribution in [3.05, 3.63) is 29.8 Å². The van der Waals surface area contributed by atoms with E-state index in [1.165, 1.54) is 31.7 Å². The van der Waals surface area contributed by atoms with Crippen molar-refractivity contribution in [2.24, 2.45) is 10.6 Å². The second-order valence-corrected chi connectivity index (χ2v) is 7.49. The van der Waals surface area contributed by atoms with Crippen LogP contribution in [-0.2, 0) is 10.0 Å². The number of primary sulfonamides is 1. The minimum absolute atomic E-state index is 0.126. The topological polar surface area (TPSA) is 72.2 Å². The molecule has 20 heavy (non-hydrogen) atoms. The average molecular weight is 296 g/mol. The summed E-state index contributed by atoms with van der Waals surface area (Å²) in [5.74, 6) is 0. The van der Waals surface area contributed by atoms with Gasteiger partial charge in [-0.1, -0.05) is 25.5 Å². The van der Waals surface area contributed by atoms with Crippen molar-refractivity contribution in [2.45, 2.75) is 50.5 Å². The second kappa shape index (κ2) is 5.84. The Morgan fingerprint density at radius 2 is 2.10 bits per heavy atom. The number of hydrogen-bond acceptors (Lipinski definition) is 3. The fraction of sp³-hybridized carbons (Fsp3) is 0.600. The number of rotatable bonds is 6. The first kappa shape index (κ1) is 15.5. The largest absolute Gasteiger partial charge is 0.310 e. The van der Waals surface area contributed by atoms with Crippen molar-refractivity contribution >= 4 is 10.0 Å². The van der Waals surface area contributed by atoms with Crippen LogP contribution in [-0.4, -0.2) is 15.0 Å². The highest BCUT2D eigenvalue weighted by molar-refractivity contribution is 7.89. The van der Waals surface area contributed by atoms with E-state index in [-0.39, 0.29) is 10.9 Å². The zero-order valence-corrected chi connectivity index (χ0v) is 13.0. The lowest BCUT2D eigenvalue weighted by Crippen LogP contribution is -2.40. The number of hydrogen-bond donors (Lipinski definition) is 2. The molecular formula is C15H24N2O2S. The zero-order valence-electron chi connectivity index (χ0n) is 12.2. The van der Waals surface area contributed by atoms with Crippen LogP contribution in [0.2, 0.25) is 0 Å². The molecule has 3 N–H and O–H groups in total. The fourth-order valence-corrected chi connectivity index (χ4v) is 3.35. The van der Waals surface area contributed by atoms with Crippen molar-refractivity contribution in [2.75, 3.05) is 6.54 Å². The Bertz CT molecular complexity index is 559. The predicted octanol–water partition coefficient (Wildman–Crippen LogP) is 2.56. The van der Waals surface area contributed by atoms with E-state index < -0.39 is 10.0 Å². The summed E-state index contributed by atoms with van der Waals surface area (Å²) in [4.78, 5) is 0.178. The SMILES string of the molecule is CCC1(CNC(C)c2cccc(S(N)(=O)=O)c2)CCC1. The summed E-state index contributed by atoms with van der Waals surface area (Å²) in [5, 5.41) is 8.71. The highest BCUT2D eigenvalue weighted by Gasteiger charge is 2.34. The van der Waals surface area contributed by atoms with Gasteiger partial charge in [-0.3, -0.25) is 0 Å². The first-order valence-corrected chi connectivity index (χ1v) is 8.77. The van der Waals surface area contributed by atoms with E-state index in [0.29, 0.717) is 5.41 Å². The minimum atomic E-state index is -3.63. The quantitative estimate of drug-likeness (QED) is 0.847. The third-order valence-corrected chi connectivity index (χ3v) is 5.55. The van der Waals surface area contributed by atoms with Crippen LogP contribution < -0.4 is 10.5 Å². The molecule has 1 aromatic carbocycles. The number of nitrogens with one attached hydrogen (secondary N) is 1. The Kier molecular flexibility index (Phi) is 4.52. The van der Waals surface area contributed by atoms with Crippen LogP contribution in [0.3, 0.4) is 0 Å². The van der Waals surface area contributed by atoms with E-state index in [9.17, 15) is 8.42 Å². The Morgan fingerprint density at radius 3 is 2.60 bits per heavy atom. The second-order valence-electron chi connectivity index (χ2n) is 5.93. The third-order valence-electron chi connectivity index (χ3n) is 4.63. The summed E-state index contributed by atoms with van der Waals surface area (Å²) in [6, 6.07) is 7.00. The molecule has 0 bridgehead atoms. The molecule has 1 aliphatic carbocycles. The van der Waals surface area contributed by atoms with Crippen molar-refractivity contribution in [3.63, 3.8) is 0 Å². The molecule has 1 unspecified atom stereocenters. The molecule has 0 heterocycles. The highest BCUT2D eigenvalue weighted by Crippen LogP contribution is 2.43. The smallest absolute Gasteiger partial charge is 0.238 e. The molecule has 1 atom stereocenters. The molecule has 2 rings (SSSR count).